The molecule has 0 aliphatic carbocycles. The maximum atomic E-state index is 12.2. The predicted octanol–water partition coefficient (Wildman–Crippen LogP) is 1.34. The molecule has 1 rings (SSSR count). The zero-order valence-corrected chi connectivity index (χ0v) is 20.2. The van der Waals surface area contributed by atoms with Gasteiger partial charge in [-0.05, 0) is 26.7 Å². The molecule has 1 saturated heterocycles. The SMILES string of the molecule is CN=C(NCCS(=O)(=O)C(C)(C)C)NCC(C(C)C)N1CCOCC1.I. The van der Waals surface area contributed by atoms with Gasteiger partial charge in [-0.15, -0.1) is 24.0 Å². The summed E-state index contributed by atoms with van der Waals surface area (Å²) in [5.41, 5.74) is 0. The van der Waals surface area contributed by atoms with Gasteiger partial charge in [0.1, 0.15) is 0 Å². The number of guanidine groups is 1. The van der Waals surface area contributed by atoms with E-state index in [2.05, 4.69) is 34.4 Å². The van der Waals surface area contributed by atoms with Crippen molar-refractivity contribution in [2.75, 3.05) is 52.2 Å². The lowest BCUT2D eigenvalue weighted by Gasteiger charge is -2.37. The minimum Gasteiger partial charge on any atom is -0.379 e. The number of nitrogens with zero attached hydrogens (tertiary/aromatic N) is 2. The highest BCUT2D eigenvalue weighted by Crippen LogP contribution is 2.15. The molecular formula is C17H37IN4O3S. The molecule has 0 spiro atoms. The van der Waals surface area contributed by atoms with Crippen LogP contribution in [0.1, 0.15) is 34.6 Å². The van der Waals surface area contributed by atoms with Gasteiger partial charge in [0.25, 0.3) is 0 Å². The highest BCUT2D eigenvalue weighted by molar-refractivity contribution is 14.0. The largest absolute Gasteiger partial charge is 0.379 e. The molecule has 9 heteroatoms. The number of ether oxygens (including phenoxy) is 1. The third-order valence-electron chi connectivity index (χ3n) is 4.58. The van der Waals surface area contributed by atoms with Crippen LogP contribution in [-0.2, 0) is 14.6 Å². The molecule has 0 aromatic heterocycles. The van der Waals surface area contributed by atoms with Gasteiger partial charge in [-0.3, -0.25) is 9.89 Å². The Morgan fingerprint density at radius 2 is 1.77 bits per heavy atom. The van der Waals surface area contributed by atoms with Gasteiger partial charge in [0.2, 0.25) is 0 Å². The van der Waals surface area contributed by atoms with Crippen molar-refractivity contribution in [3.05, 3.63) is 0 Å². The Labute approximate surface area is 176 Å². The van der Waals surface area contributed by atoms with Gasteiger partial charge < -0.3 is 15.4 Å². The molecule has 1 atom stereocenters. The molecule has 1 aliphatic heterocycles. The first kappa shape index (κ1) is 25.9. The first-order valence-corrected chi connectivity index (χ1v) is 10.7. The van der Waals surface area contributed by atoms with Crippen LogP contribution in [0.15, 0.2) is 4.99 Å². The van der Waals surface area contributed by atoms with Crippen molar-refractivity contribution in [1.29, 1.82) is 0 Å². The Hall–Kier alpha value is -0.130. The Balaban J connectivity index is 0.00000625. The first-order valence-electron chi connectivity index (χ1n) is 9.07. The Kier molecular flexibility index (Phi) is 11.6. The zero-order valence-electron chi connectivity index (χ0n) is 17.0. The molecule has 2 N–H and O–H groups in total. The summed E-state index contributed by atoms with van der Waals surface area (Å²) in [6.45, 7) is 14.2. The summed E-state index contributed by atoms with van der Waals surface area (Å²) in [5.74, 6) is 1.24. The topological polar surface area (TPSA) is 83.0 Å². The van der Waals surface area contributed by atoms with Crippen molar-refractivity contribution in [3.8, 4) is 0 Å². The van der Waals surface area contributed by atoms with E-state index in [1.54, 1.807) is 27.8 Å². The van der Waals surface area contributed by atoms with Gasteiger partial charge in [0, 0.05) is 39.3 Å². The highest BCUT2D eigenvalue weighted by Gasteiger charge is 2.28. The van der Waals surface area contributed by atoms with E-state index in [4.69, 9.17) is 4.74 Å². The Morgan fingerprint density at radius 3 is 2.23 bits per heavy atom. The van der Waals surface area contributed by atoms with Crippen LogP contribution in [0.4, 0.5) is 0 Å². The molecule has 0 aromatic rings. The van der Waals surface area contributed by atoms with Crippen LogP contribution in [0.3, 0.4) is 0 Å². The van der Waals surface area contributed by atoms with E-state index in [1.807, 2.05) is 0 Å². The van der Waals surface area contributed by atoms with E-state index in [9.17, 15) is 8.42 Å². The lowest BCUT2D eigenvalue weighted by atomic mass is 10.0. The minimum absolute atomic E-state index is 0. The maximum absolute atomic E-state index is 12.2. The number of hydrogen-bond donors (Lipinski definition) is 2. The highest BCUT2D eigenvalue weighted by atomic mass is 127. The fourth-order valence-corrected chi connectivity index (χ4v) is 3.71. The number of halogens is 1. The van der Waals surface area contributed by atoms with Crippen LogP contribution in [-0.4, -0.2) is 82.3 Å². The Bertz CT molecular complexity index is 527. The molecule has 0 aromatic carbocycles. The van der Waals surface area contributed by atoms with Crippen LogP contribution >= 0.6 is 24.0 Å². The number of nitrogens with one attached hydrogen (secondary N) is 2. The summed E-state index contributed by atoms with van der Waals surface area (Å²) in [4.78, 5) is 6.65. The number of hydrogen-bond acceptors (Lipinski definition) is 5. The van der Waals surface area contributed by atoms with Gasteiger partial charge in [0.05, 0.1) is 23.7 Å². The van der Waals surface area contributed by atoms with Crippen molar-refractivity contribution in [2.45, 2.75) is 45.4 Å². The Morgan fingerprint density at radius 1 is 1.19 bits per heavy atom. The fraction of sp³-hybridized carbons (Fsp3) is 0.941. The number of aliphatic imine (C=N–C) groups is 1. The van der Waals surface area contributed by atoms with Crippen LogP contribution in [0.25, 0.3) is 0 Å². The third-order valence-corrected chi connectivity index (χ3v) is 7.19. The molecule has 1 fully saturated rings. The van der Waals surface area contributed by atoms with E-state index in [1.165, 1.54) is 0 Å². The predicted molar refractivity (Wildman–Crippen MR) is 119 cm³/mol. The molecule has 156 valence electrons. The second-order valence-corrected chi connectivity index (χ2v) is 10.6. The average Bonchev–Trinajstić information content (AvgIpc) is 2.53. The lowest BCUT2D eigenvalue weighted by Crippen LogP contribution is -2.53. The fourth-order valence-electron chi connectivity index (χ4n) is 2.73. The monoisotopic (exact) mass is 504 g/mol. The van der Waals surface area contributed by atoms with Crippen LogP contribution in [0, 0.1) is 5.92 Å². The van der Waals surface area contributed by atoms with Crippen molar-refractivity contribution in [1.82, 2.24) is 15.5 Å². The van der Waals surface area contributed by atoms with E-state index >= 15 is 0 Å². The van der Waals surface area contributed by atoms with E-state index in [-0.39, 0.29) is 29.7 Å². The van der Waals surface area contributed by atoms with Crippen LogP contribution in [0.5, 0.6) is 0 Å². The molecule has 0 amide bonds. The van der Waals surface area contributed by atoms with Crippen molar-refractivity contribution < 1.29 is 13.2 Å². The van der Waals surface area contributed by atoms with Crippen LogP contribution < -0.4 is 10.6 Å². The van der Waals surface area contributed by atoms with E-state index in [0.29, 0.717) is 24.5 Å². The number of rotatable bonds is 7. The normalized spacial score (nSPS) is 18.3. The summed E-state index contributed by atoms with van der Waals surface area (Å²) in [7, 11) is -1.43. The quantitative estimate of drug-likeness (QED) is 0.310. The molecule has 26 heavy (non-hydrogen) atoms. The number of sulfone groups is 1. The molecule has 0 saturated carbocycles. The van der Waals surface area contributed by atoms with Crippen molar-refractivity contribution in [2.24, 2.45) is 10.9 Å². The second-order valence-electron chi connectivity index (χ2n) is 7.77. The van der Waals surface area contributed by atoms with Gasteiger partial charge in [-0.1, -0.05) is 13.8 Å². The minimum atomic E-state index is -3.13. The van der Waals surface area contributed by atoms with E-state index in [0.717, 1.165) is 32.8 Å². The molecule has 0 radical (unpaired) electrons. The van der Waals surface area contributed by atoms with Gasteiger partial charge >= 0.3 is 0 Å². The second kappa shape index (κ2) is 11.7. The lowest BCUT2D eigenvalue weighted by molar-refractivity contribution is 0.00752. The summed E-state index contributed by atoms with van der Waals surface area (Å²) >= 11 is 0. The molecule has 7 nitrogen and oxygen atoms in total. The van der Waals surface area contributed by atoms with E-state index < -0.39 is 14.6 Å². The smallest absolute Gasteiger partial charge is 0.191 e. The third kappa shape index (κ3) is 8.26. The molecule has 1 unspecified atom stereocenters. The molecular weight excluding hydrogens is 467 g/mol. The van der Waals surface area contributed by atoms with Gasteiger partial charge in [-0.2, -0.15) is 0 Å². The standard InChI is InChI=1S/C17H36N4O3S.HI/c1-14(2)15(21-8-10-24-11-9-21)13-20-16(18-6)19-7-12-25(22,23)17(3,4)5;/h14-15H,7-13H2,1-6H3,(H2,18,19,20);1H. The maximum Gasteiger partial charge on any atom is 0.191 e. The van der Waals surface area contributed by atoms with Crippen molar-refractivity contribution >= 4 is 39.8 Å². The first-order chi connectivity index (χ1) is 11.6. The zero-order chi connectivity index (χ0) is 19.1. The summed E-state index contributed by atoms with van der Waals surface area (Å²) < 4.78 is 29.0. The van der Waals surface area contributed by atoms with Crippen LogP contribution in [0.2, 0.25) is 0 Å². The van der Waals surface area contributed by atoms with Crippen molar-refractivity contribution in [3.63, 3.8) is 0 Å². The summed E-state index contributed by atoms with van der Waals surface area (Å²) in [6.07, 6.45) is 0. The van der Waals surface area contributed by atoms with Gasteiger partial charge in [-0.25, -0.2) is 8.42 Å². The van der Waals surface area contributed by atoms with Gasteiger partial charge in [0.15, 0.2) is 15.8 Å². The summed E-state index contributed by atoms with van der Waals surface area (Å²) in [5, 5.41) is 6.45. The summed E-state index contributed by atoms with van der Waals surface area (Å²) in [6, 6.07) is 0.390. The molecule has 1 heterocycles. The average molecular weight is 504 g/mol. The molecule has 0 bridgehead atoms. The number of morpholine rings is 1. The molecule has 1 aliphatic rings.